The largest absolute Gasteiger partial charge is 0.493 e. The lowest BCUT2D eigenvalue weighted by molar-refractivity contribution is -0.384. The van der Waals surface area contributed by atoms with Crippen molar-refractivity contribution < 1.29 is 28.7 Å². The molecule has 11 nitrogen and oxygen atoms in total. The number of ether oxygens (including phenoxy) is 3. The highest BCUT2D eigenvalue weighted by Crippen LogP contribution is 2.38. The zero-order valence-corrected chi connectivity index (χ0v) is 19.1. The predicted octanol–water partition coefficient (Wildman–Crippen LogP) is 3.64. The molecule has 0 aliphatic carbocycles. The highest BCUT2D eigenvalue weighted by molar-refractivity contribution is 6.05. The van der Waals surface area contributed by atoms with Gasteiger partial charge < -0.3 is 19.5 Å². The Morgan fingerprint density at radius 3 is 2.11 bits per heavy atom. The first-order valence-corrected chi connectivity index (χ1v) is 10.2. The van der Waals surface area contributed by atoms with Crippen LogP contribution in [0.5, 0.6) is 17.2 Å². The summed E-state index contributed by atoms with van der Waals surface area (Å²) in [5.74, 6) is 0.150. The summed E-state index contributed by atoms with van der Waals surface area (Å²) in [5, 5.41) is 17.4. The fourth-order valence-corrected chi connectivity index (χ4v) is 3.07. The quantitative estimate of drug-likeness (QED) is 0.272. The number of hydrogen-bond donors (Lipinski definition) is 2. The summed E-state index contributed by atoms with van der Waals surface area (Å²) in [5.41, 5.74) is 3.78. The van der Waals surface area contributed by atoms with E-state index in [0.717, 1.165) is 0 Å². The van der Waals surface area contributed by atoms with E-state index in [9.17, 15) is 19.7 Å². The maximum atomic E-state index is 12.7. The van der Waals surface area contributed by atoms with Crippen molar-refractivity contribution >= 4 is 29.4 Å². The van der Waals surface area contributed by atoms with Gasteiger partial charge in [0.1, 0.15) is 0 Å². The number of benzene rings is 3. The van der Waals surface area contributed by atoms with Gasteiger partial charge in [0.05, 0.1) is 32.5 Å². The van der Waals surface area contributed by atoms with E-state index in [1.54, 1.807) is 18.2 Å². The molecule has 0 bridgehead atoms. The van der Waals surface area contributed by atoms with Crippen molar-refractivity contribution in [2.45, 2.75) is 0 Å². The number of hydrogen-bond acceptors (Lipinski definition) is 8. The third-order valence-electron chi connectivity index (χ3n) is 4.79. The average Bonchev–Trinajstić information content (AvgIpc) is 2.88. The molecule has 0 fully saturated rings. The lowest BCUT2D eigenvalue weighted by Gasteiger charge is -2.14. The fourth-order valence-electron chi connectivity index (χ4n) is 3.07. The van der Waals surface area contributed by atoms with Gasteiger partial charge >= 0.3 is 0 Å². The monoisotopic (exact) mass is 478 g/mol. The van der Waals surface area contributed by atoms with E-state index in [4.69, 9.17) is 14.2 Å². The first-order chi connectivity index (χ1) is 16.9. The summed E-state index contributed by atoms with van der Waals surface area (Å²) in [7, 11) is 4.38. The third-order valence-corrected chi connectivity index (χ3v) is 4.79. The molecule has 0 spiro atoms. The smallest absolute Gasteiger partial charge is 0.271 e. The second-order valence-electron chi connectivity index (χ2n) is 7.00. The van der Waals surface area contributed by atoms with Gasteiger partial charge in [-0.05, 0) is 36.4 Å². The predicted molar refractivity (Wildman–Crippen MR) is 129 cm³/mol. The minimum absolute atomic E-state index is 0.0792. The molecule has 35 heavy (non-hydrogen) atoms. The minimum atomic E-state index is -0.516. The number of hydrazone groups is 1. The SMILES string of the molecule is COc1cc(C(=O)Nc2ccc(C(=O)N/N=C\c3cccc([N+](=O)[O-])c3)cc2)cc(OC)c1OC. The Morgan fingerprint density at radius 1 is 0.886 bits per heavy atom. The Kier molecular flexibility index (Phi) is 7.96. The van der Waals surface area contributed by atoms with Crippen LogP contribution in [0.3, 0.4) is 0 Å². The molecule has 0 unspecified atom stereocenters. The molecule has 0 radical (unpaired) electrons. The molecule has 11 heteroatoms. The van der Waals surface area contributed by atoms with Crippen LogP contribution in [0.1, 0.15) is 26.3 Å². The third kappa shape index (κ3) is 6.11. The Labute approximate surface area is 200 Å². The number of nitro groups is 1. The fraction of sp³-hybridized carbons (Fsp3) is 0.125. The first kappa shape index (κ1) is 24.7. The van der Waals surface area contributed by atoms with E-state index in [-0.39, 0.29) is 11.3 Å². The molecule has 3 rings (SSSR count). The van der Waals surface area contributed by atoms with Gasteiger partial charge in [0, 0.05) is 34.5 Å². The molecule has 0 heterocycles. The van der Waals surface area contributed by atoms with Crippen LogP contribution < -0.4 is 25.0 Å². The molecule has 0 saturated carbocycles. The van der Waals surface area contributed by atoms with Crippen molar-refractivity contribution in [1.29, 1.82) is 0 Å². The molecular formula is C24H22N4O7. The van der Waals surface area contributed by atoms with E-state index in [2.05, 4.69) is 15.8 Å². The van der Waals surface area contributed by atoms with Crippen molar-refractivity contribution in [2.24, 2.45) is 5.10 Å². The van der Waals surface area contributed by atoms with E-state index in [0.29, 0.717) is 34.1 Å². The molecule has 3 aromatic rings. The molecule has 0 atom stereocenters. The normalized spacial score (nSPS) is 10.5. The van der Waals surface area contributed by atoms with Crippen LogP contribution in [0.25, 0.3) is 0 Å². The highest BCUT2D eigenvalue weighted by Gasteiger charge is 2.17. The highest BCUT2D eigenvalue weighted by atomic mass is 16.6. The van der Waals surface area contributed by atoms with Crippen LogP contribution in [0.15, 0.2) is 65.8 Å². The maximum absolute atomic E-state index is 12.7. The van der Waals surface area contributed by atoms with Gasteiger partial charge in [0.25, 0.3) is 17.5 Å². The summed E-state index contributed by atoms with van der Waals surface area (Å²) in [6, 6.07) is 15.0. The Bertz CT molecular complexity index is 1250. The van der Waals surface area contributed by atoms with Gasteiger partial charge in [-0.2, -0.15) is 5.10 Å². The maximum Gasteiger partial charge on any atom is 0.271 e. The Hall–Kier alpha value is -4.93. The number of amides is 2. The summed E-state index contributed by atoms with van der Waals surface area (Å²) in [6.07, 6.45) is 1.30. The number of rotatable bonds is 9. The topological polar surface area (TPSA) is 141 Å². The van der Waals surface area contributed by atoms with Crippen LogP contribution in [0.4, 0.5) is 11.4 Å². The van der Waals surface area contributed by atoms with Crippen LogP contribution in [-0.4, -0.2) is 44.3 Å². The lowest BCUT2D eigenvalue weighted by Crippen LogP contribution is -2.18. The first-order valence-electron chi connectivity index (χ1n) is 10.2. The van der Waals surface area contributed by atoms with Crippen molar-refractivity contribution in [3.05, 3.63) is 87.5 Å². The molecule has 2 amide bonds. The summed E-state index contributed by atoms with van der Waals surface area (Å²) >= 11 is 0. The molecule has 0 aliphatic heterocycles. The lowest BCUT2D eigenvalue weighted by atomic mass is 10.1. The van der Waals surface area contributed by atoms with Gasteiger partial charge in [-0.3, -0.25) is 19.7 Å². The number of anilines is 1. The summed E-state index contributed by atoms with van der Waals surface area (Å²) in [4.78, 5) is 35.3. The van der Waals surface area contributed by atoms with Crippen molar-refractivity contribution in [3.63, 3.8) is 0 Å². The Morgan fingerprint density at radius 2 is 1.54 bits per heavy atom. The number of methoxy groups -OCH3 is 3. The number of carbonyl (C=O) groups is 2. The Balaban J connectivity index is 1.65. The molecule has 0 aliphatic rings. The van der Waals surface area contributed by atoms with E-state index < -0.39 is 16.7 Å². The summed E-state index contributed by atoms with van der Waals surface area (Å²) < 4.78 is 15.8. The standard InChI is InChI=1S/C24H22N4O7/c1-33-20-12-17(13-21(34-2)22(20)35-3)23(29)26-18-9-7-16(8-10-18)24(30)27-25-14-15-5-4-6-19(11-15)28(31)32/h4-14H,1-3H3,(H,26,29)(H,27,30)/b25-14-. The molecular weight excluding hydrogens is 456 g/mol. The van der Waals surface area contributed by atoms with E-state index in [1.165, 1.54) is 70.0 Å². The number of nitrogens with one attached hydrogen (secondary N) is 2. The molecule has 0 aromatic heterocycles. The second-order valence-corrected chi connectivity index (χ2v) is 7.00. The van der Waals surface area contributed by atoms with Gasteiger partial charge in [-0.25, -0.2) is 5.43 Å². The molecule has 3 aromatic carbocycles. The van der Waals surface area contributed by atoms with E-state index >= 15 is 0 Å². The van der Waals surface area contributed by atoms with Crippen LogP contribution in [-0.2, 0) is 0 Å². The zero-order chi connectivity index (χ0) is 25.4. The van der Waals surface area contributed by atoms with Gasteiger partial charge in [-0.1, -0.05) is 12.1 Å². The van der Waals surface area contributed by atoms with Crippen molar-refractivity contribution in [3.8, 4) is 17.2 Å². The number of nitro benzene ring substituents is 1. The average molecular weight is 478 g/mol. The second kappa shape index (κ2) is 11.3. The van der Waals surface area contributed by atoms with Crippen molar-refractivity contribution in [1.82, 2.24) is 5.43 Å². The zero-order valence-electron chi connectivity index (χ0n) is 19.1. The molecule has 180 valence electrons. The summed E-state index contributed by atoms with van der Waals surface area (Å²) in [6.45, 7) is 0. The van der Waals surface area contributed by atoms with Gasteiger partial charge in [0.15, 0.2) is 11.5 Å². The molecule has 0 saturated heterocycles. The van der Waals surface area contributed by atoms with Gasteiger partial charge in [0.2, 0.25) is 5.75 Å². The number of non-ortho nitro benzene ring substituents is 1. The van der Waals surface area contributed by atoms with Crippen LogP contribution in [0.2, 0.25) is 0 Å². The van der Waals surface area contributed by atoms with Crippen molar-refractivity contribution in [2.75, 3.05) is 26.6 Å². The van der Waals surface area contributed by atoms with Crippen LogP contribution in [0, 0.1) is 10.1 Å². The molecule has 2 N–H and O–H groups in total. The van der Waals surface area contributed by atoms with E-state index in [1.807, 2.05) is 0 Å². The minimum Gasteiger partial charge on any atom is -0.493 e. The number of nitrogens with zero attached hydrogens (tertiary/aromatic N) is 2. The number of carbonyl (C=O) groups excluding carboxylic acids is 2. The van der Waals surface area contributed by atoms with Gasteiger partial charge in [-0.15, -0.1) is 0 Å². The van der Waals surface area contributed by atoms with Crippen LogP contribution >= 0.6 is 0 Å².